The lowest BCUT2D eigenvalue weighted by Crippen LogP contribution is -2.12. The van der Waals surface area contributed by atoms with Crippen LogP contribution in [-0.4, -0.2) is 25.9 Å². The molecule has 0 bridgehead atoms. The van der Waals surface area contributed by atoms with Gasteiger partial charge in [-0.05, 0) is 38.2 Å². The van der Waals surface area contributed by atoms with Crippen molar-refractivity contribution in [3.05, 3.63) is 35.9 Å². The maximum Gasteiger partial charge on any atom is 0.0704 e. The molecule has 0 heterocycles. The summed E-state index contributed by atoms with van der Waals surface area (Å²) in [6, 6.07) is 10.6. The Bertz CT molecular complexity index is 284. The Hall–Kier alpha value is -0.860. The van der Waals surface area contributed by atoms with Crippen molar-refractivity contribution in [3.8, 4) is 0 Å². The lowest BCUT2D eigenvalue weighted by molar-refractivity contribution is 0.0104. The Balaban J connectivity index is 1.87. The van der Waals surface area contributed by atoms with Crippen LogP contribution in [0.5, 0.6) is 0 Å². The van der Waals surface area contributed by atoms with Crippen LogP contribution < -0.4 is 0 Å². The van der Waals surface area contributed by atoms with Gasteiger partial charge in [-0.2, -0.15) is 0 Å². The molecule has 0 saturated heterocycles. The first kappa shape index (κ1) is 15.2. The molecule has 1 aromatic carbocycles. The summed E-state index contributed by atoms with van der Waals surface area (Å²) < 4.78 is 11.1. The van der Waals surface area contributed by atoms with Crippen molar-refractivity contribution < 1.29 is 9.47 Å². The number of hydrogen-bond donors (Lipinski definition) is 0. The molecule has 1 unspecified atom stereocenters. The van der Waals surface area contributed by atoms with E-state index in [1.54, 1.807) is 0 Å². The number of aryl methyl sites for hydroxylation is 1. The van der Waals surface area contributed by atoms with Crippen LogP contribution in [0.15, 0.2) is 30.3 Å². The summed E-state index contributed by atoms with van der Waals surface area (Å²) >= 11 is 0. The fourth-order valence-corrected chi connectivity index (χ4v) is 1.71. The highest BCUT2D eigenvalue weighted by molar-refractivity contribution is 5.14. The van der Waals surface area contributed by atoms with Crippen LogP contribution in [0.4, 0.5) is 0 Å². The molecule has 0 spiro atoms. The van der Waals surface area contributed by atoms with E-state index in [2.05, 4.69) is 44.2 Å². The summed E-state index contributed by atoms with van der Waals surface area (Å²) in [7, 11) is 0. The highest BCUT2D eigenvalue weighted by atomic mass is 16.5. The van der Waals surface area contributed by atoms with Crippen LogP contribution in [0.3, 0.4) is 0 Å². The van der Waals surface area contributed by atoms with Crippen molar-refractivity contribution in [3.63, 3.8) is 0 Å². The molecule has 0 amide bonds. The van der Waals surface area contributed by atoms with E-state index >= 15 is 0 Å². The second-order valence-corrected chi connectivity index (χ2v) is 4.64. The molecule has 0 N–H and O–H groups in total. The van der Waals surface area contributed by atoms with E-state index in [4.69, 9.17) is 9.47 Å². The van der Waals surface area contributed by atoms with E-state index in [1.165, 1.54) is 12.0 Å². The molecule has 0 radical (unpaired) electrons. The van der Waals surface area contributed by atoms with Gasteiger partial charge in [0.1, 0.15) is 0 Å². The fraction of sp³-hybridized carbons (Fsp3) is 0.625. The molecule has 2 heteroatoms. The van der Waals surface area contributed by atoms with Gasteiger partial charge >= 0.3 is 0 Å². The third-order valence-corrected chi connectivity index (χ3v) is 3.05. The molecular formula is C16H26O2. The summed E-state index contributed by atoms with van der Waals surface area (Å²) in [6.45, 7) is 6.51. The van der Waals surface area contributed by atoms with Gasteiger partial charge in [0.25, 0.3) is 0 Å². The predicted octanol–water partition coefficient (Wildman–Crippen LogP) is 3.84. The van der Waals surface area contributed by atoms with Gasteiger partial charge in [0.05, 0.1) is 19.3 Å². The molecule has 1 rings (SSSR count). The first-order valence-corrected chi connectivity index (χ1v) is 7.06. The monoisotopic (exact) mass is 250 g/mol. The number of rotatable bonds is 10. The summed E-state index contributed by atoms with van der Waals surface area (Å²) in [5.41, 5.74) is 1.41. The second kappa shape index (κ2) is 10.1. The molecular weight excluding hydrogens is 224 g/mol. The standard InChI is InChI=1S/C16H26O2/c1-3-15(2)18-14-13-17-12-8-7-11-16-9-5-4-6-10-16/h4-6,9-10,15H,3,7-8,11-14H2,1-2H3. The van der Waals surface area contributed by atoms with E-state index in [1.807, 2.05) is 0 Å². The van der Waals surface area contributed by atoms with Crippen LogP contribution in [0.2, 0.25) is 0 Å². The predicted molar refractivity (Wildman–Crippen MR) is 75.9 cm³/mol. The average molecular weight is 250 g/mol. The molecule has 1 atom stereocenters. The van der Waals surface area contributed by atoms with E-state index < -0.39 is 0 Å². The SMILES string of the molecule is CCC(C)OCCOCCCCc1ccccc1. The molecule has 102 valence electrons. The van der Waals surface area contributed by atoms with Gasteiger partial charge in [-0.3, -0.25) is 0 Å². The van der Waals surface area contributed by atoms with E-state index in [9.17, 15) is 0 Å². The van der Waals surface area contributed by atoms with Crippen LogP contribution in [0, 0.1) is 0 Å². The minimum absolute atomic E-state index is 0.353. The second-order valence-electron chi connectivity index (χ2n) is 4.64. The van der Waals surface area contributed by atoms with Crippen molar-refractivity contribution in [2.45, 2.75) is 45.6 Å². The zero-order chi connectivity index (χ0) is 13.1. The number of unbranched alkanes of at least 4 members (excludes halogenated alkanes) is 1. The van der Waals surface area contributed by atoms with Crippen LogP contribution in [0.25, 0.3) is 0 Å². The van der Waals surface area contributed by atoms with Crippen molar-refractivity contribution in [1.82, 2.24) is 0 Å². The molecule has 0 saturated carbocycles. The van der Waals surface area contributed by atoms with Crippen LogP contribution in [-0.2, 0) is 15.9 Å². The third kappa shape index (κ3) is 7.46. The highest BCUT2D eigenvalue weighted by Gasteiger charge is 1.97. The van der Waals surface area contributed by atoms with Gasteiger partial charge in [0, 0.05) is 6.61 Å². The first-order valence-electron chi connectivity index (χ1n) is 7.06. The Kier molecular flexibility index (Phi) is 8.53. The van der Waals surface area contributed by atoms with Gasteiger partial charge < -0.3 is 9.47 Å². The molecule has 0 aromatic heterocycles. The molecule has 0 aliphatic heterocycles. The summed E-state index contributed by atoms with van der Waals surface area (Å²) in [6.07, 6.45) is 4.88. The maximum atomic E-state index is 5.54. The topological polar surface area (TPSA) is 18.5 Å². The lowest BCUT2D eigenvalue weighted by atomic mass is 10.1. The Morgan fingerprint density at radius 3 is 2.50 bits per heavy atom. The Labute approximate surface area is 111 Å². The smallest absolute Gasteiger partial charge is 0.0704 e. The van der Waals surface area contributed by atoms with Crippen molar-refractivity contribution in [2.75, 3.05) is 19.8 Å². The van der Waals surface area contributed by atoms with Gasteiger partial charge in [-0.1, -0.05) is 37.3 Å². The van der Waals surface area contributed by atoms with Crippen molar-refractivity contribution in [2.24, 2.45) is 0 Å². The molecule has 18 heavy (non-hydrogen) atoms. The normalized spacial score (nSPS) is 12.6. The summed E-state index contributed by atoms with van der Waals surface area (Å²) in [5, 5.41) is 0. The maximum absolute atomic E-state index is 5.54. The molecule has 0 fully saturated rings. The third-order valence-electron chi connectivity index (χ3n) is 3.05. The van der Waals surface area contributed by atoms with Crippen molar-refractivity contribution in [1.29, 1.82) is 0 Å². The Morgan fingerprint density at radius 2 is 1.78 bits per heavy atom. The molecule has 1 aromatic rings. The van der Waals surface area contributed by atoms with E-state index in [0.717, 1.165) is 32.5 Å². The molecule has 2 nitrogen and oxygen atoms in total. The largest absolute Gasteiger partial charge is 0.379 e. The van der Waals surface area contributed by atoms with Gasteiger partial charge in [-0.15, -0.1) is 0 Å². The minimum Gasteiger partial charge on any atom is -0.379 e. The van der Waals surface area contributed by atoms with Gasteiger partial charge in [0.2, 0.25) is 0 Å². The van der Waals surface area contributed by atoms with Crippen LogP contribution in [0.1, 0.15) is 38.7 Å². The number of benzene rings is 1. The quantitative estimate of drug-likeness (QED) is 0.587. The highest BCUT2D eigenvalue weighted by Crippen LogP contribution is 2.04. The zero-order valence-corrected chi connectivity index (χ0v) is 11.7. The summed E-state index contributed by atoms with van der Waals surface area (Å²) in [4.78, 5) is 0. The van der Waals surface area contributed by atoms with Gasteiger partial charge in [-0.25, -0.2) is 0 Å². The van der Waals surface area contributed by atoms with E-state index in [-0.39, 0.29) is 0 Å². The number of ether oxygens (including phenoxy) is 2. The Morgan fingerprint density at radius 1 is 1.00 bits per heavy atom. The molecule has 0 aliphatic rings. The minimum atomic E-state index is 0.353. The van der Waals surface area contributed by atoms with Gasteiger partial charge in [0.15, 0.2) is 0 Å². The lowest BCUT2D eigenvalue weighted by Gasteiger charge is -2.10. The average Bonchev–Trinajstić information content (AvgIpc) is 2.42. The fourth-order valence-electron chi connectivity index (χ4n) is 1.71. The number of hydrogen-bond acceptors (Lipinski definition) is 2. The molecule has 0 aliphatic carbocycles. The first-order chi connectivity index (χ1) is 8.83. The van der Waals surface area contributed by atoms with E-state index in [0.29, 0.717) is 12.7 Å². The summed E-state index contributed by atoms with van der Waals surface area (Å²) in [5.74, 6) is 0. The zero-order valence-electron chi connectivity index (χ0n) is 11.7. The van der Waals surface area contributed by atoms with Crippen molar-refractivity contribution >= 4 is 0 Å². The van der Waals surface area contributed by atoms with Crippen LogP contribution >= 0.6 is 0 Å².